The van der Waals surface area contributed by atoms with E-state index in [9.17, 15) is 0 Å². The summed E-state index contributed by atoms with van der Waals surface area (Å²) in [6.45, 7) is 8.78. The number of benzene rings is 7. The lowest BCUT2D eigenvalue weighted by molar-refractivity contribution is 0.733. The van der Waals surface area contributed by atoms with Crippen molar-refractivity contribution in [2.24, 2.45) is 0 Å². The van der Waals surface area contributed by atoms with Gasteiger partial charge >= 0.3 is 0 Å². The molecule has 2 nitrogen and oxygen atoms in total. The topological polar surface area (TPSA) is 6.48 Å². The van der Waals surface area contributed by atoms with E-state index in [0.717, 1.165) is 40.5 Å². The van der Waals surface area contributed by atoms with Crippen LogP contribution in [0.5, 0.6) is 0 Å². The van der Waals surface area contributed by atoms with Crippen LogP contribution in [0.2, 0.25) is 0 Å². The highest BCUT2D eigenvalue weighted by Gasteiger charge is 2.15. The number of anilines is 6. The smallest absolute Gasteiger partial charge is 0.0462 e. The Balaban J connectivity index is 1.13. The summed E-state index contributed by atoms with van der Waals surface area (Å²) in [5, 5.41) is 0. The van der Waals surface area contributed by atoms with Gasteiger partial charge in [0.2, 0.25) is 0 Å². The van der Waals surface area contributed by atoms with Crippen molar-refractivity contribution in [3.63, 3.8) is 0 Å². The second kappa shape index (κ2) is 15.8. The standard InChI is InChI=1S/C50H46N2/c1-5-39(4)42-21-17-40(18-22-42)15-16-41-19-31-48(32-20-41)52(47-29-13-38(3)14-30-47)50-35-25-44(26-36-50)43-23-33-49(34-24-43)51(45-9-7-6-8-10-45)46-27-11-37(2)12-28-46/h6-36,39H,5H2,1-4H3. The minimum absolute atomic E-state index is 0.589. The van der Waals surface area contributed by atoms with Gasteiger partial charge in [-0.3, -0.25) is 0 Å². The molecule has 0 radical (unpaired) electrons. The van der Waals surface area contributed by atoms with Gasteiger partial charge in [-0.25, -0.2) is 0 Å². The van der Waals surface area contributed by atoms with E-state index in [1.807, 2.05) is 0 Å². The van der Waals surface area contributed by atoms with Crippen molar-refractivity contribution in [1.29, 1.82) is 0 Å². The predicted molar refractivity (Wildman–Crippen MR) is 225 cm³/mol. The van der Waals surface area contributed by atoms with Crippen molar-refractivity contribution in [1.82, 2.24) is 0 Å². The quantitative estimate of drug-likeness (QED) is 0.126. The minimum Gasteiger partial charge on any atom is -0.311 e. The number of rotatable bonds is 11. The molecule has 0 spiro atoms. The van der Waals surface area contributed by atoms with Gasteiger partial charge in [-0.05, 0) is 127 Å². The van der Waals surface area contributed by atoms with E-state index in [-0.39, 0.29) is 0 Å². The van der Waals surface area contributed by atoms with Crippen LogP contribution in [-0.4, -0.2) is 0 Å². The van der Waals surface area contributed by atoms with Crippen LogP contribution in [0, 0.1) is 13.8 Å². The van der Waals surface area contributed by atoms with E-state index in [4.69, 9.17) is 0 Å². The molecule has 7 aromatic carbocycles. The summed E-state index contributed by atoms with van der Waals surface area (Å²) in [6, 6.07) is 63.6. The molecule has 0 fully saturated rings. The average molecular weight is 675 g/mol. The van der Waals surface area contributed by atoms with Gasteiger partial charge in [-0.1, -0.05) is 140 Å². The van der Waals surface area contributed by atoms with Gasteiger partial charge in [0.15, 0.2) is 0 Å². The Hall–Kier alpha value is -6.12. The Labute approximate surface area is 310 Å². The molecule has 7 rings (SSSR count). The zero-order valence-corrected chi connectivity index (χ0v) is 30.6. The molecule has 0 bridgehead atoms. The molecule has 0 aliphatic heterocycles. The number of para-hydroxylation sites is 1. The maximum Gasteiger partial charge on any atom is 0.0462 e. The second-order valence-corrected chi connectivity index (χ2v) is 13.7. The third-order valence-electron chi connectivity index (χ3n) is 9.92. The summed E-state index contributed by atoms with van der Waals surface area (Å²) in [4.78, 5) is 4.63. The Kier molecular flexibility index (Phi) is 10.5. The van der Waals surface area contributed by atoms with Gasteiger partial charge in [-0.2, -0.15) is 0 Å². The third kappa shape index (κ3) is 7.93. The summed E-state index contributed by atoms with van der Waals surface area (Å²) in [5.74, 6) is 0.589. The fourth-order valence-corrected chi connectivity index (χ4v) is 6.56. The van der Waals surface area contributed by atoms with Crippen molar-refractivity contribution in [3.05, 3.63) is 204 Å². The molecule has 1 atom stereocenters. The zero-order chi connectivity index (χ0) is 35.9. The van der Waals surface area contributed by atoms with E-state index < -0.39 is 0 Å². The molecule has 0 aliphatic rings. The van der Waals surface area contributed by atoms with E-state index in [2.05, 4.69) is 226 Å². The van der Waals surface area contributed by atoms with Gasteiger partial charge in [-0.15, -0.1) is 0 Å². The molecule has 52 heavy (non-hydrogen) atoms. The van der Waals surface area contributed by atoms with Crippen LogP contribution in [0.25, 0.3) is 23.3 Å². The lowest BCUT2D eigenvalue weighted by atomic mass is 9.97. The van der Waals surface area contributed by atoms with Crippen LogP contribution < -0.4 is 9.80 Å². The largest absolute Gasteiger partial charge is 0.311 e. The summed E-state index contributed by atoms with van der Waals surface area (Å²) in [6.07, 6.45) is 5.54. The van der Waals surface area contributed by atoms with Crippen LogP contribution in [0.3, 0.4) is 0 Å². The first-order valence-corrected chi connectivity index (χ1v) is 18.3. The monoisotopic (exact) mass is 674 g/mol. The van der Waals surface area contributed by atoms with Crippen LogP contribution >= 0.6 is 0 Å². The lowest BCUT2D eigenvalue weighted by Crippen LogP contribution is -2.10. The molecular weight excluding hydrogens is 629 g/mol. The van der Waals surface area contributed by atoms with Crippen LogP contribution in [-0.2, 0) is 0 Å². The molecule has 2 heteroatoms. The molecular formula is C50H46N2. The summed E-state index contributed by atoms with van der Waals surface area (Å²) in [5.41, 5.74) is 15.4. The number of aryl methyl sites for hydroxylation is 2. The molecule has 0 heterocycles. The maximum atomic E-state index is 2.33. The highest BCUT2D eigenvalue weighted by Crippen LogP contribution is 2.38. The molecule has 0 amide bonds. The van der Waals surface area contributed by atoms with E-state index in [1.165, 1.54) is 38.9 Å². The molecule has 256 valence electrons. The van der Waals surface area contributed by atoms with Crippen LogP contribution in [0.15, 0.2) is 176 Å². The Bertz CT molecular complexity index is 2200. The molecule has 0 saturated carbocycles. The normalized spacial score (nSPS) is 11.8. The molecule has 0 saturated heterocycles. The molecule has 0 aliphatic carbocycles. The predicted octanol–water partition coefficient (Wildman–Crippen LogP) is 14.6. The van der Waals surface area contributed by atoms with E-state index in [1.54, 1.807) is 0 Å². The first-order valence-electron chi connectivity index (χ1n) is 18.3. The Morgan fingerprint density at radius 3 is 1.12 bits per heavy atom. The molecule has 0 N–H and O–H groups in total. The molecule has 0 aromatic heterocycles. The lowest BCUT2D eigenvalue weighted by Gasteiger charge is -2.26. The Morgan fingerprint density at radius 1 is 0.404 bits per heavy atom. The van der Waals surface area contributed by atoms with E-state index >= 15 is 0 Å². The van der Waals surface area contributed by atoms with Gasteiger partial charge in [0.25, 0.3) is 0 Å². The van der Waals surface area contributed by atoms with Gasteiger partial charge in [0, 0.05) is 34.1 Å². The zero-order valence-electron chi connectivity index (χ0n) is 30.6. The minimum atomic E-state index is 0.589. The van der Waals surface area contributed by atoms with Crippen LogP contribution in [0.1, 0.15) is 54.0 Å². The SMILES string of the molecule is CCC(C)c1ccc(C=Cc2ccc(N(c3ccc(C)cc3)c3ccc(-c4ccc(N(c5ccccc5)c5ccc(C)cc5)cc4)cc3)cc2)cc1. The second-order valence-electron chi connectivity index (χ2n) is 13.7. The van der Waals surface area contributed by atoms with Gasteiger partial charge < -0.3 is 9.80 Å². The third-order valence-corrected chi connectivity index (χ3v) is 9.92. The van der Waals surface area contributed by atoms with Crippen molar-refractivity contribution in [2.75, 3.05) is 9.80 Å². The first kappa shape index (κ1) is 34.3. The Morgan fingerprint density at radius 2 is 0.731 bits per heavy atom. The summed E-state index contributed by atoms with van der Waals surface area (Å²) in [7, 11) is 0. The van der Waals surface area contributed by atoms with Gasteiger partial charge in [0.1, 0.15) is 0 Å². The maximum absolute atomic E-state index is 2.33. The van der Waals surface area contributed by atoms with Crippen LogP contribution in [0.4, 0.5) is 34.1 Å². The highest BCUT2D eigenvalue weighted by molar-refractivity contribution is 5.81. The molecule has 7 aromatic rings. The number of hydrogen-bond acceptors (Lipinski definition) is 2. The first-order chi connectivity index (χ1) is 25.4. The fourth-order valence-electron chi connectivity index (χ4n) is 6.56. The summed E-state index contributed by atoms with van der Waals surface area (Å²) >= 11 is 0. The van der Waals surface area contributed by atoms with E-state index in [0.29, 0.717) is 5.92 Å². The van der Waals surface area contributed by atoms with Gasteiger partial charge in [0.05, 0.1) is 0 Å². The van der Waals surface area contributed by atoms with Crippen molar-refractivity contribution in [2.45, 2.75) is 40.0 Å². The molecule has 1 unspecified atom stereocenters. The average Bonchev–Trinajstić information content (AvgIpc) is 3.20. The number of hydrogen-bond donors (Lipinski definition) is 0. The highest BCUT2D eigenvalue weighted by atomic mass is 15.1. The van der Waals surface area contributed by atoms with Crippen molar-refractivity contribution in [3.8, 4) is 11.1 Å². The van der Waals surface area contributed by atoms with Crippen molar-refractivity contribution >= 4 is 46.3 Å². The summed E-state index contributed by atoms with van der Waals surface area (Å²) < 4.78 is 0. The fraction of sp³-hybridized carbons (Fsp3) is 0.120. The van der Waals surface area contributed by atoms with Crippen molar-refractivity contribution < 1.29 is 0 Å². The number of nitrogens with zero attached hydrogens (tertiary/aromatic N) is 2.